The lowest BCUT2D eigenvalue weighted by atomic mass is 10.1. The molecule has 5 rings (SSSR count). The first-order valence-corrected chi connectivity index (χ1v) is 10.8. The van der Waals surface area contributed by atoms with E-state index in [0.717, 1.165) is 19.4 Å². The zero-order chi connectivity index (χ0) is 20.8. The van der Waals surface area contributed by atoms with Crippen LogP contribution in [0.3, 0.4) is 0 Å². The predicted octanol–water partition coefficient (Wildman–Crippen LogP) is 5.05. The highest BCUT2D eigenvalue weighted by molar-refractivity contribution is 5.60. The Morgan fingerprint density at radius 3 is 2.43 bits per heavy atom. The van der Waals surface area contributed by atoms with Crippen LogP contribution in [0.1, 0.15) is 40.7 Å². The normalized spacial score (nSPS) is 15.5. The van der Waals surface area contributed by atoms with Crippen molar-refractivity contribution >= 4 is 0 Å². The Balaban J connectivity index is 1.49. The highest BCUT2D eigenvalue weighted by Crippen LogP contribution is 2.27. The van der Waals surface area contributed by atoms with Crippen molar-refractivity contribution in [3.8, 4) is 16.9 Å². The lowest BCUT2D eigenvalue weighted by Crippen LogP contribution is -2.38. The van der Waals surface area contributed by atoms with Crippen molar-refractivity contribution in [2.24, 2.45) is 0 Å². The highest BCUT2D eigenvalue weighted by Gasteiger charge is 2.33. The molecule has 3 heterocycles. The van der Waals surface area contributed by atoms with E-state index >= 15 is 0 Å². The first-order chi connectivity index (χ1) is 14.5. The van der Waals surface area contributed by atoms with Crippen LogP contribution in [0.15, 0.2) is 60.9 Å². The minimum atomic E-state index is 0.424. The number of nitrogens with zero attached hydrogens (tertiary/aromatic N) is 4. The van der Waals surface area contributed by atoms with Crippen LogP contribution in [-0.4, -0.2) is 14.3 Å². The summed E-state index contributed by atoms with van der Waals surface area (Å²) in [6, 6.07) is 20.1. The monoisotopic (exact) mass is 397 g/mol. The fourth-order valence-corrected chi connectivity index (χ4v) is 5.01. The van der Waals surface area contributed by atoms with Gasteiger partial charge in [-0.05, 0) is 62.9 Å². The number of fused-ring (bicyclic) bond motifs is 1. The second kappa shape index (κ2) is 7.28. The van der Waals surface area contributed by atoms with Crippen LogP contribution >= 0.6 is 0 Å². The van der Waals surface area contributed by atoms with Gasteiger partial charge >= 0.3 is 0 Å². The molecule has 30 heavy (non-hydrogen) atoms. The lowest BCUT2D eigenvalue weighted by Gasteiger charge is -2.16. The molecule has 0 fully saturated rings. The molecule has 0 N–H and O–H groups in total. The van der Waals surface area contributed by atoms with Crippen LogP contribution in [0, 0.1) is 27.7 Å². The summed E-state index contributed by atoms with van der Waals surface area (Å²) < 4.78 is 6.95. The molecule has 0 radical (unpaired) electrons. The minimum Gasteiger partial charge on any atom is -0.341 e. The Kier molecular flexibility index (Phi) is 4.58. The molecule has 0 aliphatic carbocycles. The summed E-state index contributed by atoms with van der Waals surface area (Å²) in [5.74, 6) is 1.19. The fraction of sp³-hybridized carbons (Fsp3) is 0.308. The van der Waals surface area contributed by atoms with E-state index < -0.39 is 0 Å². The number of benzene rings is 2. The van der Waals surface area contributed by atoms with Gasteiger partial charge in [-0.15, -0.1) is 0 Å². The summed E-state index contributed by atoms with van der Waals surface area (Å²) in [6.07, 6.45) is 4.38. The largest absolute Gasteiger partial charge is 0.341 e. The van der Waals surface area contributed by atoms with Crippen molar-refractivity contribution in [1.29, 1.82) is 0 Å². The molecule has 1 aliphatic rings. The summed E-state index contributed by atoms with van der Waals surface area (Å²) in [6.45, 7) is 9.69. The molecule has 0 saturated carbocycles. The number of aryl methyl sites for hydroxylation is 5. The maximum absolute atomic E-state index is 4.97. The van der Waals surface area contributed by atoms with Gasteiger partial charge in [0.2, 0.25) is 6.33 Å². The molecule has 4 heteroatoms. The molecule has 4 nitrogen and oxygen atoms in total. The van der Waals surface area contributed by atoms with Gasteiger partial charge in [0.25, 0.3) is 5.82 Å². The Labute approximate surface area is 178 Å². The zero-order valence-electron chi connectivity index (χ0n) is 18.3. The van der Waals surface area contributed by atoms with Gasteiger partial charge in [-0.3, -0.25) is 0 Å². The van der Waals surface area contributed by atoms with Crippen LogP contribution in [0.5, 0.6) is 0 Å². The van der Waals surface area contributed by atoms with Crippen LogP contribution < -0.4 is 4.57 Å². The smallest absolute Gasteiger partial charge is 0.278 e. The van der Waals surface area contributed by atoms with E-state index in [1.54, 1.807) is 0 Å². The van der Waals surface area contributed by atoms with E-state index in [4.69, 9.17) is 5.10 Å². The van der Waals surface area contributed by atoms with Gasteiger partial charge < -0.3 is 4.57 Å². The average Bonchev–Trinajstić information content (AvgIpc) is 3.38. The van der Waals surface area contributed by atoms with Gasteiger partial charge in [0.1, 0.15) is 11.7 Å². The maximum atomic E-state index is 4.97. The average molecular weight is 398 g/mol. The van der Waals surface area contributed by atoms with Crippen molar-refractivity contribution in [1.82, 2.24) is 14.3 Å². The third-order valence-corrected chi connectivity index (χ3v) is 6.38. The molecule has 152 valence electrons. The molecule has 2 aromatic carbocycles. The highest BCUT2D eigenvalue weighted by atomic mass is 15.4. The predicted molar refractivity (Wildman–Crippen MR) is 120 cm³/mol. The Morgan fingerprint density at radius 2 is 1.70 bits per heavy atom. The summed E-state index contributed by atoms with van der Waals surface area (Å²) in [5, 5.41) is 4.97. The summed E-state index contributed by atoms with van der Waals surface area (Å²) >= 11 is 0. The number of hydrogen-bond donors (Lipinski definition) is 0. The first-order valence-electron chi connectivity index (χ1n) is 10.8. The Hall–Kier alpha value is -3.14. The van der Waals surface area contributed by atoms with Gasteiger partial charge in [0.05, 0.1) is 6.54 Å². The molecule has 0 bridgehead atoms. The van der Waals surface area contributed by atoms with Gasteiger partial charge in [-0.2, -0.15) is 0 Å². The molecule has 0 saturated heterocycles. The summed E-state index contributed by atoms with van der Waals surface area (Å²) in [4.78, 5) is 0. The van der Waals surface area contributed by atoms with E-state index in [9.17, 15) is 0 Å². The van der Waals surface area contributed by atoms with Gasteiger partial charge in [0, 0.05) is 22.9 Å². The molecule has 2 aromatic heterocycles. The topological polar surface area (TPSA) is 26.6 Å². The van der Waals surface area contributed by atoms with Crippen LogP contribution in [0.4, 0.5) is 0 Å². The molecule has 0 unspecified atom stereocenters. The van der Waals surface area contributed by atoms with Crippen LogP contribution in [0.25, 0.3) is 16.9 Å². The Bertz CT molecular complexity index is 1190. The van der Waals surface area contributed by atoms with Gasteiger partial charge in [0.15, 0.2) is 0 Å². The Morgan fingerprint density at radius 1 is 0.967 bits per heavy atom. The quantitative estimate of drug-likeness (QED) is 0.443. The summed E-state index contributed by atoms with van der Waals surface area (Å²) in [7, 11) is 0. The lowest BCUT2D eigenvalue weighted by molar-refractivity contribution is -0.718. The zero-order valence-corrected chi connectivity index (χ0v) is 18.3. The van der Waals surface area contributed by atoms with Gasteiger partial charge in [-0.1, -0.05) is 52.7 Å². The van der Waals surface area contributed by atoms with Gasteiger partial charge in [-0.25, -0.2) is 4.57 Å². The third kappa shape index (κ3) is 3.17. The second-order valence-corrected chi connectivity index (χ2v) is 8.66. The van der Waals surface area contributed by atoms with Crippen molar-refractivity contribution in [3.05, 3.63) is 89.1 Å². The maximum Gasteiger partial charge on any atom is 0.278 e. The van der Waals surface area contributed by atoms with E-state index in [2.05, 4.69) is 102 Å². The molecule has 1 atom stereocenters. The second-order valence-electron chi connectivity index (χ2n) is 8.66. The number of rotatable bonds is 4. The third-order valence-electron chi connectivity index (χ3n) is 6.38. The molecule has 1 aliphatic heterocycles. The van der Waals surface area contributed by atoms with Crippen LogP contribution in [-0.2, 0) is 13.0 Å². The van der Waals surface area contributed by atoms with Crippen LogP contribution in [0.2, 0.25) is 0 Å². The molecule has 0 amide bonds. The molecular weight excluding hydrogens is 368 g/mol. The molecular formula is C26H29N4+. The van der Waals surface area contributed by atoms with Crippen molar-refractivity contribution < 1.29 is 4.57 Å². The van der Waals surface area contributed by atoms with E-state index in [1.165, 1.54) is 45.2 Å². The number of aromatic nitrogens is 4. The number of hydrogen-bond acceptors (Lipinski definition) is 1. The molecule has 0 spiro atoms. The summed E-state index contributed by atoms with van der Waals surface area (Å²) in [5.41, 5.74) is 8.94. The molecule has 4 aromatic rings. The van der Waals surface area contributed by atoms with E-state index in [-0.39, 0.29) is 0 Å². The van der Waals surface area contributed by atoms with E-state index in [0.29, 0.717) is 6.04 Å². The van der Waals surface area contributed by atoms with Crippen molar-refractivity contribution in [2.45, 2.75) is 53.1 Å². The van der Waals surface area contributed by atoms with Crippen molar-refractivity contribution in [3.63, 3.8) is 0 Å². The standard InChI is InChI=1S/C26H29N4/c1-18-14-19(2)26(20(3)15-18)30-17-29-23(11-13-25(29)27-30)16-28-21(4)10-12-24(28)22-8-6-5-7-9-22/h5-10,12,14-15,17,23H,11,13,16H2,1-4H3/q+1/t23-/m0/s1. The fourth-order valence-electron chi connectivity index (χ4n) is 5.01. The van der Waals surface area contributed by atoms with Crippen molar-refractivity contribution in [2.75, 3.05) is 0 Å². The first kappa shape index (κ1) is 18.9. The SMILES string of the molecule is Cc1cc(C)c(-n2c[n+]3c(n2)CC[C@H]3Cn2c(C)ccc2-c2ccccc2)c(C)c1. The van der Waals surface area contributed by atoms with E-state index in [1.807, 2.05) is 0 Å². The minimum absolute atomic E-state index is 0.424.